The second kappa shape index (κ2) is 7.01. The van der Waals surface area contributed by atoms with E-state index in [9.17, 15) is 4.79 Å². The molecule has 1 atom stereocenters. The van der Waals surface area contributed by atoms with Gasteiger partial charge in [0.2, 0.25) is 0 Å². The molecule has 0 saturated heterocycles. The topological polar surface area (TPSA) is 62.1 Å². The molecule has 0 aliphatic rings. The lowest BCUT2D eigenvalue weighted by atomic mass is 10.0. The van der Waals surface area contributed by atoms with Crippen LogP contribution in [0.25, 0.3) is 0 Å². The van der Waals surface area contributed by atoms with Gasteiger partial charge in [-0.2, -0.15) is 5.26 Å². The van der Waals surface area contributed by atoms with Crippen molar-refractivity contribution >= 4 is 23.3 Å². The van der Waals surface area contributed by atoms with E-state index >= 15 is 0 Å². The zero-order valence-electron chi connectivity index (χ0n) is 11.2. The molecule has 0 aromatic heterocycles. The molecule has 0 bridgehead atoms. The number of carbonyl (C=O) groups is 1. The number of nitrogens with one attached hydrogen (secondary N) is 1. The van der Waals surface area contributed by atoms with Crippen LogP contribution in [0.3, 0.4) is 0 Å². The van der Waals surface area contributed by atoms with Crippen molar-refractivity contribution in [1.29, 1.82) is 5.26 Å². The summed E-state index contributed by atoms with van der Waals surface area (Å²) in [6.45, 7) is 4.06. The molecule has 0 spiro atoms. The molecular weight excluding hydrogens is 264 g/mol. The summed E-state index contributed by atoms with van der Waals surface area (Å²) in [6.07, 6.45) is 0.657. The molecule has 102 valence electrons. The number of hydrogen-bond donors (Lipinski definition) is 1. The molecule has 19 heavy (non-hydrogen) atoms. The molecule has 0 saturated carbocycles. The predicted octanol–water partition coefficient (Wildman–Crippen LogP) is 3.21. The maximum Gasteiger partial charge on any atom is 0.328 e. The third kappa shape index (κ3) is 4.46. The van der Waals surface area contributed by atoms with Gasteiger partial charge in [-0.15, -0.1) is 0 Å². The standard InChI is InChI=1S/C14H17ClN2O2/c1-9(2)6-13(14(18)19-3)17-11-5-4-10(8-16)12(15)7-11/h4-5,7,9,13,17H,6H2,1-3H3. The highest BCUT2D eigenvalue weighted by molar-refractivity contribution is 6.32. The van der Waals surface area contributed by atoms with E-state index in [0.717, 1.165) is 0 Å². The van der Waals surface area contributed by atoms with Crippen LogP contribution in [0.1, 0.15) is 25.8 Å². The van der Waals surface area contributed by atoms with E-state index in [-0.39, 0.29) is 5.97 Å². The van der Waals surface area contributed by atoms with Crippen LogP contribution in [-0.2, 0) is 9.53 Å². The number of nitrogens with zero attached hydrogens (tertiary/aromatic N) is 1. The largest absolute Gasteiger partial charge is 0.467 e. The van der Waals surface area contributed by atoms with Gasteiger partial charge in [-0.3, -0.25) is 0 Å². The molecule has 1 aromatic rings. The third-order valence-electron chi connectivity index (χ3n) is 2.62. The number of halogens is 1. The minimum absolute atomic E-state index is 0.311. The highest BCUT2D eigenvalue weighted by atomic mass is 35.5. The Balaban J connectivity index is 2.87. The van der Waals surface area contributed by atoms with Gasteiger partial charge in [0.1, 0.15) is 12.1 Å². The molecule has 1 rings (SSSR count). The molecule has 1 aromatic carbocycles. The van der Waals surface area contributed by atoms with Crippen LogP contribution in [0.15, 0.2) is 18.2 Å². The lowest BCUT2D eigenvalue weighted by Crippen LogP contribution is -2.32. The van der Waals surface area contributed by atoms with E-state index in [1.54, 1.807) is 18.2 Å². The first-order valence-corrected chi connectivity index (χ1v) is 6.39. The molecule has 0 heterocycles. The summed E-state index contributed by atoms with van der Waals surface area (Å²) in [5, 5.41) is 12.3. The first kappa shape index (κ1) is 15.3. The third-order valence-corrected chi connectivity index (χ3v) is 2.94. The fourth-order valence-corrected chi connectivity index (χ4v) is 1.95. The summed E-state index contributed by atoms with van der Waals surface area (Å²) in [4.78, 5) is 11.7. The average molecular weight is 281 g/mol. The lowest BCUT2D eigenvalue weighted by molar-refractivity contribution is -0.141. The maximum atomic E-state index is 11.7. The molecule has 4 nitrogen and oxygen atoms in total. The van der Waals surface area contributed by atoms with Crippen LogP contribution in [0.5, 0.6) is 0 Å². The van der Waals surface area contributed by atoms with Crippen molar-refractivity contribution < 1.29 is 9.53 Å². The van der Waals surface area contributed by atoms with Crippen molar-refractivity contribution in [3.8, 4) is 6.07 Å². The number of methoxy groups -OCH3 is 1. The van der Waals surface area contributed by atoms with Crippen molar-refractivity contribution in [3.63, 3.8) is 0 Å². The number of benzene rings is 1. The first-order valence-electron chi connectivity index (χ1n) is 6.02. The second-order valence-electron chi connectivity index (χ2n) is 4.66. The van der Waals surface area contributed by atoms with Crippen molar-refractivity contribution in [2.45, 2.75) is 26.3 Å². The Kier molecular flexibility index (Phi) is 5.65. The summed E-state index contributed by atoms with van der Waals surface area (Å²) in [7, 11) is 1.36. The van der Waals surface area contributed by atoms with Gasteiger partial charge in [-0.05, 0) is 30.5 Å². The highest BCUT2D eigenvalue weighted by Gasteiger charge is 2.20. The Hall–Kier alpha value is -1.73. The summed E-state index contributed by atoms with van der Waals surface area (Å²) >= 11 is 5.95. The Morgan fingerprint density at radius 2 is 2.21 bits per heavy atom. The minimum atomic E-state index is -0.422. The first-order chi connectivity index (χ1) is 8.97. The van der Waals surface area contributed by atoms with E-state index in [1.165, 1.54) is 7.11 Å². The Morgan fingerprint density at radius 3 is 2.68 bits per heavy atom. The fourth-order valence-electron chi connectivity index (χ4n) is 1.72. The molecule has 1 unspecified atom stereocenters. The average Bonchev–Trinajstić information content (AvgIpc) is 2.36. The molecule has 0 aliphatic carbocycles. The second-order valence-corrected chi connectivity index (χ2v) is 5.06. The molecule has 0 radical (unpaired) electrons. The van der Waals surface area contributed by atoms with Gasteiger partial charge < -0.3 is 10.1 Å². The SMILES string of the molecule is COC(=O)C(CC(C)C)Nc1ccc(C#N)c(Cl)c1. The van der Waals surface area contributed by atoms with E-state index in [2.05, 4.69) is 5.32 Å². The molecular formula is C14H17ClN2O2. The Bertz CT molecular complexity index is 495. The molecule has 0 amide bonds. The number of ether oxygens (including phenoxy) is 1. The maximum absolute atomic E-state index is 11.7. The van der Waals surface area contributed by atoms with Gasteiger partial charge in [0, 0.05) is 5.69 Å². The van der Waals surface area contributed by atoms with Gasteiger partial charge in [-0.1, -0.05) is 25.4 Å². The Morgan fingerprint density at radius 1 is 1.53 bits per heavy atom. The number of hydrogen-bond acceptors (Lipinski definition) is 4. The summed E-state index contributed by atoms with van der Waals surface area (Å²) in [6, 6.07) is 6.55. The van der Waals surface area contributed by atoms with Crippen LogP contribution < -0.4 is 5.32 Å². The predicted molar refractivity (Wildman–Crippen MR) is 75.0 cm³/mol. The van der Waals surface area contributed by atoms with Crippen LogP contribution in [0.2, 0.25) is 5.02 Å². The van der Waals surface area contributed by atoms with Crippen molar-refractivity contribution in [3.05, 3.63) is 28.8 Å². The zero-order chi connectivity index (χ0) is 14.4. The number of rotatable bonds is 5. The summed E-state index contributed by atoms with van der Waals surface area (Å²) in [5.74, 6) is 0.0413. The molecule has 0 aliphatic heterocycles. The van der Waals surface area contributed by atoms with Gasteiger partial charge in [0.15, 0.2) is 0 Å². The fraction of sp³-hybridized carbons (Fsp3) is 0.429. The number of carbonyl (C=O) groups excluding carboxylic acids is 1. The number of nitriles is 1. The van der Waals surface area contributed by atoms with Crippen molar-refractivity contribution in [1.82, 2.24) is 0 Å². The van der Waals surface area contributed by atoms with E-state index in [0.29, 0.717) is 28.6 Å². The van der Waals surface area contributed by atoms with Crippen LogP contribution in [0.4, 0.5) is 5.69 Å². The molecule has 0 fully saturated rings. The van der Waals surface area contributed by atoms with E-state index in [4.69, 9.17) is 21.6 Å². The number of anilines is 1. The quantitative estimate of drug-likeness (QED) is 0.841. The zero-order valence-corrected chi connectivity index (χ0v) is 12.0. The summed E-state index contributed by atoms with van der Waals surface area (Å²) < 4.78 is 4.77. The normalized spacial score (nSPS) is 11.8. The van der Waals surface area contributed by atoms with Gasteiger partial charge >= 0.3 is 5.97 Å². The van der Waals surface area contributed by atoms with Crippen molar-refractivity contribution in [2.24, 2.45) is 5.92 Å². The van der Waals surface area contributed by atoms with E-state index in [1.807, 2.05) is 19.9 Å². The van der Waals surface area contributed by atoms with Gasteiger partial charge in [-0.25, -0.2) is 4.79 Å². The van der Waals surface area contributed by atoms with Crippen LogP contribution in [0, 0.1) is 17.2 Å². The minimum Gasteiger partial charge on any atom is -0.467 e. The molecule has 5 heteroatoms. The van der Waals surface area contributed by atoms with Gasteiger partial charge in [0.05, 0.1) is 17.7 Å². The monoisotopic (exact) mass is 280 g/mol. The van der Waals surface area contributed by atoms with Crippen LogP contribution >= 0.6 is 11.6 Å². The lowest BCUT2D eigenvalue weighted by Gasteiger charge is -2.19. The molecule has 1 N–H and O–H groups in total. The van der Waals surface area contributed by atoms with Crippen molar-refractivity contribution in [2.75, 3.05) is 12.4 Å². The highest BCUT2D eigenvalue weighted by Crippen LogP contribution is 2.22. The van der Waals surface area contributed by atoms with Gasteiger partial charge in [0.25, 0.3) is 0 Å². The Labute approximate surface area is 118 Å². The van der Waals surface area contributed by atoms with Crippen LogP contribution in [-0.4, -0.2) is 19.1 Å². The smallest absolute Gasteiger partial charge is 0.328 e. The summed E-state index contributed by atoms with van der Waals surface area (Å²) in [5.41, 5.74) is 1.10. The number of esters is 1. The van der Waals surface area contributed by atoms with E-state index < -0.39 is 6.04 Å².